The zero-order valence-electron chi connectivity index (χ0n) is 10.4. The molecule has 0 saturated heterocycles. The van der Waals surface area contributed by atoms with Gasteiger partial charge in [0.05, 0.1) is 6.04 Å². The molecule has 0 aliphatic carbocycles. The van der Waals surface area contributed by atoms with E-state index in [1.807, 2.05) is 10.7 Å². The molecular formula is C14H18N4. The Morgan fingerprint density at radius 1 is 1.22 bits per heavy atom. The summed E-state index contributed by atoms with van der Waals surface area (Å²) < 4.78 is 1.98. The van der Waals surface area contributed by atoms with Gasteiger partial charge in [-0.25, -0.2) is 9.67 Å². The molecule has 18 heavy (non-hydrogen) atoms. The molecule has 0 saturated carbocycles. The van der Waals surface area contributed by atoms with Gasteiger partial charge in [0.2, 0.25) is 0 Å². The highest BCUT2D eigenvalue weighted by Gasteiger charge is 2.20. The van der Waals surface area contributed by atoms with Crippen molar-refractivity contribution in [2.75, 3.05) is 0 Å². The van der Waals surface area contributed by atoms with E-state index in [1.165, 1.54) is 5.56 Å². The molecule has 0 bridgehead atoms. The molecule has 4 nitrogen and oxygen atoms in total. The first-order valence-electron chi connectivity index (χ1n) is 6.56. The third kappa shape index (κ3) is 2.29. The molecule has 1 aliphatic heterocycles. The van der Waals surface area contributed by atoms with E-state index < -0.39 is 0 Å². The molecule has 0 fully saturated rings. The normalized spacial score (nSPS) is 18.6. The van der Waals surface area contributed by atoms with Crippen LogP contribution in [0, 0.1) is 0 Å². The van der Waals surface area contributed by atoms with Crippen LogP contribution in [0.4, 0.5) is 0 Å². The van der Waals surface area contributed by atoms with Crippen LogP contribution in [0.2, 0.25) is 0 Å². The minimum Gasteiger partial charge on any atom is -0.321 e. The SMILES string of the molecule is NC1CCCn2nc(CCc3ccccc3)nc21. The molecule has 0 spiro atoms. The van der Waals surface area contributed by atoms with Crippen LogP contribution in [-0.2, 0) is 19.4 Å². The van der Waals surface area contributed by atoms with Gasteiger partial charge in [0, 0.05) is 13.0 Å². The van der Waals surface area contributed by atoms with Gasteiger partial charge in [-0.05, 0) is 24.8 Å². The molecule has 2 aromatic rings. The van der Waals surface area contributed by atoms with Crippen LogP contribution in [0.15, 0.2) is 30.3 Å². The summed E-state index contributed by atoms with van der Waals surface area (Å²) in [5.41, 5.74) is 7.37. The highest BCUT2D eigenvalue weighted by atomic mass is 15.4. The van der Waals surface area contributed by atoms with Gasteiger partial charge in [-0.2, -0.15) is 5.10 Å². The van der Waals surface area contributed by atoms with Gasteiger partial charge in [-0.15, -0.1) is 0 Å². The first kappa shape index (κ1) is 11.4. The van der Waals surface area contributed by atoms with Crippen LogP contribution in [0.3, 0.4) is 0 Å². The van der Waals surface area contributed by atoms with E-state index in [9.17, 15) is 0 Å². The Morgan fingerprint density at radius 3 is 2.83 bits per heavy atom. The second-order valence-electron chi connectivity index (χ2n) is 4.84. The number of aromatic nitrogens is 3. The van der Waals surface area contributed by atoms with Gasteiger partial charge < -0.3 is 5.73 Å². The van der Waals surface area contributed by atoms with E-state index in [0.717, 1.165) is 43.9 Å². The average Bonchev–Trinajstić information content (AvgIpc) is 2.82. The molecule has 2 N–H and O–H groups in total. The largest absolute Gasteiger partial charge is 0.321 e. The number of fused-ring (bicyclic) bond motifs is 1. The van der Waals surface area contributed by atoms with Crippen LogP contribution >= 0.6 is 0 Å². The molecule has 0 amide bonds. The summed E-state index contributed by atoms with van der Waals surface area (Å²) in [7, 11) is 0. The number of nitrogens with zero attached hydrogens (tertiary/aromatic N) is 3. The van der Waals surface area contributed by atoms with E-state index in [4.69, 9.17) is 5.73 Å². The van der Waals surface area contributed by atoms with Crippen molar-refractivity contribution in [3.63, 3.8) is 0 Å². The Hall–Kier alpha value is -1.68. The van der Waals surface area contributed by atoms with Crippen molar-refractivity contribution in [1.82, 2.24) is 14.8 Å². The maximum Gasteiger partial charge on any atom is 0.151 e. The second-order valence-corrected chi connectivity index (χ2v) is 4.84. The second kappa shape index (κ2) is 4.90. The van der Waals surface area contributed by atoms with Crippen LogP contribution in [0.5, 0.6) is 0 Å². The quantitative estimate of drug-likeness (QED) is 0.893. The first-order chi connectivity index (χ1) is 8.83. The molecule has 3 rings (SSSR count). The van der Waals surface area contributed by atoms with Crippen LogP contribution in [0.25, 0.3) is 0 Å². The highest BCUT2D eigenvalue weighted by Crippen LogP contribution is 2.20. The Balaban J connectivity index is 1.70. The summed E-state index contributed by atoms with van der Waals surface area (Å²) in [5.74, 6) is 1.88. The molecule has 2 heterocycles. The van der Waals surface area contributed by atoms with Crippen molar-refractivity contribution in [3.05, 3.63) is 47.5 Å². The smallest absolute Gasteiger partial charge is 0.151 e. The van der Waals surface area contributed by atoms with Crippen molar-refractivity contribution in [2.45, 2.75) is 38.3 Å². The maximum absolute atomic E-state index is 6.04. The summed E-state index contributed by atoms with van der Waals surface area (Å²) in [6, 6.07) is 10.5. The van der Waals surface area contributed by atoms with Crippen molar-refractivity contribution < 1.29 is 0 Å². The molecule has 1 unspecified atom stereocenters. The zero-order chi connectivity index (χ0) is 12.4. The number of aryl methyl sites for hydroxylation is 3. The lowest BCUT2D eigenvalue weighted by atomic mass is 10.1. The lowest BCUT2D eigenvalue weighted by Crippen LogP contribution is -2.22. The van der Waals surface area contributed by atoms with Crippen molar-refractivity contribution in [3.8, 4) is 0 Å². The minimum atomic E-state index is 0.0664. The highest BCUT2D eigenvalue weighted by molar-refractivity contribution is 5.15. The van der Waals surface area contributed by atoms with Crippen molar-refractivity contribution in [2.24, 2.45) is 5.73 Å². The summed E-state index contributed by atoms with van der Waals surface area (Å²) in [6.07, 6.45) is 4.00. The van der Waals surface area contributed by atoms with Gasteiger partial charge in [0.25, 0.3) is 0 Å². The third-order valence-electron chi connectivity index (χ3n) is 3.44. The fraction of sp³-hybridized carbons (Fsp3) is 0.429. The van der Waals surface area contributed by atoms with Gasteiger partial charge in [0.1, 0.15) is 5.82 Å². The summed E-state index contributed by atoms with van der Waals surface area (Å²) in [6.45, 7) is 0.960. The van der Waals surface area contributed by atoms with Gasteiger partial charge in [-0.3, -0.25) is 0 Å². The Bertz CT molecular complexity index is 518. The first-order valence-corrected chi connectivity index (χ1v) is 6.56. The van der Waals surface area contributed by atoms with E-state index in [0.29, 0.717) is 0 Å². The molecule has 1 atom stereocenters. The Kier molecular flexibility index (Phi) is 3.11. The predicted octanol–water partition coefficient (Wildman–Crippen LogP) is 1.86. The Labute approximate surface area is 107 Å². The summed E-state index contributed by atoms with van der Waals surface area (Å²) >= 11 is 0. The molecule has 1 aliphatic rings. The molecule has 1 aromatic heterocycles. The van der Waals surface area contributed by atoms with Crippen LogP contribution in [0.1, 0.15) is 36.1 Å². The standard InChI is InChI=1S/C14H18N4/c15-12-7-4-10-18-14(12)16-13(17-18)9-8-11-5-2-1-3-6-11/h1-3,5-6,12H,4,7-10,15H2. The predicted molar refractivity (Wildman–Crippen MR) is 70.0 cm³/mol. The third-order valence-corrected chi connectivity index (χ3v) is 3.44. The van der Waals surface area contributed by atoms with E-state index in [-0.39, 0.29) is 6.04 Å². The number of hydrogen-bond acceptors (Lipinski definition) is 3. The van der Waals surface area contributed by atoms with Crippen LogP contribution in [-0.4, -0.2) is 14.8 Å². The minimum absolute atomic E-state index is 0.0664. The van der Waals surface area contributed by atoms with Gasteiger partial charge in [-0.1, -0.05) is 30.3 Å². The van der Waals surface area contributed by atoms with Gasteiger partial charge >= 0.3 is 0 Å². The average molecular weight is 242 g/mol. The lowest BCUT2D eigenvalue weighted by molar-refractivity contribution is 0.421. The van der Waals surface area contributed by atoms with Gasteiger partial charge in [0.15, 0.2) is 5.82 Å². The van der Waals surface area contributed by atoms with E-state index in [2.05, 4.69) is 34.3 Å². The fourth-order valence-electron chi connectivity index (χ4n) is 2.44. The molecular weight excluding hydrogens is 224 g/mol. The van der Waals surface area contributed by atoms with Crippen molar-refractivity contribution >= 4 is 0 Å². The van der Waals surface area contributed by atoms with E-state index >= 15 is 0 Å². The number of rotatable bonds is 3. The molecule has 1 aromatic carbocycles. The number of nitrogens with two attached hydrogens (primary N) is 1. The molecule has 4 heteroatoms. The van der Waals surface area contributed by atoms with Crippen LogP contribution < -0.4 is 5.73 Å². The summed E-state index contributed by atoms with van der Waals surface area (Å²) in [5, 5.41) is 4.54. The maximum atomic E-state index is 6.04. The number of benzene rings is 1. The summed E-state index contributed by atoms with van der Waals surface area (Å²) in [4.78, 5) is 4.57. The molecule has 94 valence electrons. The molecule has 0 radical (unpaired) electrons. The van der Waals surface area contributed by atoms with E-state index in [1.54, 1.807) is 0 Å². The Morgan fingerprint density at radius 2 is 2.06 bits per heavy atom. The lowest BCUT2D eigenvalue weighted by Gasteiger charge is -2.17. The zero-order valence-corrected chi connectivity index (χ0v) is 10.4. The number of hydrogen-bond donors (Lipinski definition) is 1. The topological polar surface area (TPSA) is 56.7 Å². The van der Waals surface area contributed by atoms with Crippen molar-refractivity contribution in [1.29, 1.82) is 0 Å². The monoisotopic (exact) mass is 242 g/mol. The fourth-order valence-corrected chi connectivity index (χ4v) is 2.44.